The van der Waals surface area contributed by atoms with E-state index in [0.29, 0.717) is 0 Å². The van der Waals surface area contributed by atoms with E-state index in [1.165, 1.54) is 69.4 Å². The summed E-state index contributed by atoms with van der Waals surface area (Å²) in [5, 5.41) is 0. The van der Waals surface area contributed by atoms with Gasteiger partial charge in [0.15, 0.2) is 0 Å². The summed E-state index contributed by atoms with van der Waals surface area (Å²) in [6.45, 7) is 14.7. The van der Waals surface area contributed by atoms with Crippen molar-refractivity contribution < 1.29 is 0 Å². The molecule has 0 aliphatic carbocycles. The minimum Gasteiger partial charge on any atom is -0.303 e. The maximum absolute atomic E-state index is 2.69. The van der Waals surface area contributed by atoms with Gasteiger partial charge in [0.05, 0.1) is 20.0 Å². The molecule has 2 aromatic rings. The summed E-state index contributed by atoms with van der Waals surface area (Å²) >= 11 is 0. The van der Waals surface area contributed by atoms with Gasteiger partial charge >= 0.3 is 0 Å². The van der Waals surface area contributed by atoms with Crippen LogP contribution in [0.4, 0.5) is 0 Å². The van der Waals surface area contributed by atoms with Gasteiger partial charge in [0, 0.05) is 19.6 Å². The molecule has 32 heavy (non-hydrogen) atoms. The van der Waals surface area contributed by atoms with Crippen LogP contribution < -0.4 is 0 Å². The Morgan fingerprint density at radius 3 is 1.50 bits per heavy atom. The Labute approximate surface area is 196 Å². The Bertz CT molecular complexity index is 663. The topological polar surface area (TPSA) is 13.0 Å². The average molecular weight is 437 g/mol. The number of benzene rings is 2. The first kappa shape index (κ1) is 24.9. The molecule has 0 atom stereocenters. The lowest BCUT2D eigenvalue weighted by atomic mass is 10.2. The largest absolute Gasteiger partial charge is 0.303 e. The van der Waals surface area contributed by atoms with E-state index in [1.807, 2.05) is 0 Å². The van der Waals surface area contributed by atoms with E-state index in [9.17, 15) is 0 Å². The fourth-order valence-corrected chi connectivity index (χ4v) is 4.62. The summed E-state index contributed by atoms with van der Waals surface area (Å²) in [7, 11) is 0. The van der Waals surface area contributed by atoms with E-state index in [4.69, 9.17) is 0 Å². The molecule has 0 radical (unpaired) electrons. The third-order valence-corrected chi connectivity index (χ3v) is 6.30. The standard InChI is InChI=1S/C28H44N4/c1-3-5-18-29(19-6-4-2)20-13-21-30-24-31(22-27-14-9-7-10-15-27)26-32(25-30)23-28-16-11-8-12-17-28/h7-12,14-17H,3-6,13,18-26H2,1-2H3. The van der Waals surface area contributed by atoms with E-state index in [1.54, 1.807) is 0 Å². The van der Waals surface area contributed by atoms with Crippen LogP contribution in [-0.2, 0) is 13.1 Å². The van der Waals surface area contributed by atoms with Crippen molar-refractivity contribution in [3.63, 3.8) is 0 Å². The monoisotopic (exact) mass is 436 g/mol. The van der Waals surface area contributed by atoms with Gasteiger partial charge in [-0.2, -0.15) is 0 Å². The molecule has 0 N–H and O–H groups in total. The zero-order valence-electron chi connectivity index (χ0n) is 20.5. The lowest BCUT2D eigenvalue weighted by Crippen LogP contribution is -2.54. The lowest BCUT2D eigenvalue weighted by molar-refractivity contribution is -0.0391. The summed E-state index contributed by atoms with van der Waals surface area (Å²) in [5.41, 5.74) is 2.80. The molecule has 0 saturated carbocycles. The van der Waals surface area contributed by atoms with Gasteiger partial charge in [-0.1, -0.05) is 87.4 Å². The Hall–Kier alpha value is -1.72. The summed E-state index contributed by atoms with van der Waals surface area (Å²) in [6, 6.07) is 21.8. The number of nitrogens with zero attached hydrogens (tertiary/aromatic N) is 4. The van der Waals surface area contributed by atoms with Gasteiger partial charge in [-0.3, -0.25) is 14.7 Å². The second-order valence-corrected chi connectivity index (χ2v) is 9.35. The molecule has 1 saturated heterocycles. The summed E-state index contributed by atoms with van der Waals surface area (Å²) in [5.74, 6) is 0. The molecule has 0 bridgehead atoms. The smallest absolute Gasteiger partial charge is 0.0537 e. The van der Waals surface area contributed by atoms with Crippen LogP contribution in [0, 0.1) is 0 Å². The first-order valence-electron chi connectivity index (χ1n) is 12.7. The molecule has 0 unspecified atom stereocenters. The normalized spacial score (nSPS) is 16.1. The quantitative estimate of drug-likeness (QED) is 0.389. The van der Waals surface area contributed by atoms with Crippen molar-refractivity contribution in [2.24, 2.45) is 0 Å². The van der Waals surface area contributed by atoms with Crippen molar-refractivity contribution in [1.29, 1.82) is 0 Å². The highest BCUT2D eigenvalue weighted by Gasteiger charge is 2.23. The maximum Gasteiger partial charge on any atom is 0.0537 e. The fraction of sp³-hybridized carbons (Fsp3) is 0.571. The molecule has 0 aromatic heterocycles. The molecule has 1 aliphatic rings. The Morgan fingerprint density at radius 2 is 1.03 bits per heavy atom. The molecule has 3 rings (SSSR count). The zero-order chi connectivity index (χ0) is 22.4. The van der Waals surface area contributed by atoms with Crippen molar-refractivity contribution >= 4 is 0 Å². The van der Waals surface area contributed by atoms with Crippen LogP contribution >= 0.6 is 0 Å². The fourth-order valence-electron chi connectivity index (χ4n) is 4.62. The van der Waals surface area contributed by atoms with Crippen molar-refractivity contribution in [2.75, 3.05) is 46.2 Å². The van der Waals surface area contributed by atoms with E-state index < -0.39 is 0 Å². The maximum atomic E-state index is 2.69. The molecular formula is C28H44N4. The van der Waals surface area contributed by atoms with Gasteiger partial charge in [-0.15, -0.1) is 0 Å². The minimum absolute atomic E-state index is 1.02. The highest BCUT2D eigenvalue weighted by Crippen LogP contribution is 2.15. The van der Waals surface area contributed by atoms with Crippen molar-refractivity contribution in [1.82, 2.24) is 19.6 Å². The van der Waals surface area contributed by atoms with E-state index >= 15 is 0 Å². The van der Waals surface area contributed by atoms with Crippen LogP contribution in [0.5, 0.6) is 0 Å². The summed E-state index contributed by atoms with van der Waals surface area (Å²) < 4.78 is 0. The van der Waals surface area contributed by atoms with Gasteiger partial charge < -0.3 is 4.90 Å². The van der Waals surface area contributed by atoms with Crippen molar-refractivity contribution in [3.05, 3.63) is 71.8 Å². The molecule has 4 heteroatoms. The number of hydrogen-bond donors (Lipinski definition) is 0. The molecular weight excluding hydrogens is 392 g/mol. The van der Waals surface area contributed by atoms with Crippen LogP contribution in [0.25, 0.3) is 0 Å². The number of unbranched alkanes of at least 4 members (excludes halogenated alkanes) is 2. The van der Waals surface area contributed by atoms with Crippen LogP contribution in [0.1, 0.15) is 57.1 Å². The second-order valence-electron chi connectivity index (χ2n) is 9.35. The number of hydrogen-bond acceptors (Lipinski definition) is 4. The molecule has 1 heterocycles. The van der Waals surface area contributed by atoms with Gasteiger partial charge in [-0.25, -0.2) is 0 Å². The summed E-state index contributed by atoms with van der Waals surface area (Å²) in [4.78, 5) is 10.5. The van der Waals surface area contributed by atoms with Gasteiger partial charge in [0.25, 0.3) is 0 Å². The predicted octanol–water partition coefficient (Wildman–Crippen LogP) is 5.47. The predicted molar refractivity (Wildman–Crippen MR) is 136 cm³/mol. The molecule has 2 aromatic carbocycles. The molecule has 0 amide bonds. The van der Waals surface area contributed by atoms with E-state index in [-0.39, 0.29) is 0 Å². The van der Waals surface area contributed by atoms with Gasteiger partial charge in [-0.05, 0) is 50.0 Å². The van der Waals surface area contributed by atoms with Gasteiger partial charge in [0.2, 0.25) is 0 Å². The SMILES string of the molecule is CCCCN(CCCC)CCCN1CN(Cc2ccccc2)CN(Cc2ccccc2)C1. The zero-order valence-corrected chi connectivity index (χ0v) is 20.5. The molecule has 1 fully saturated rings. The Kier molecular flexibility index (Phi) is 11.2. The Morgan fingerprint density at radius 1 is 0.594 bits per heavy atom. The first-order valence-corrected chi connectivity index (χ1v) is 12.7. The van der Waals surface area contributed by atoms with Crippen LogP contribution in [-0.4, -0.2) is 65.8 Å². The van der Waals surface area contributed by atoms with E-state index in [0.717, 1.165) is 33.1 Å². The minimum atomic E-state index is 1.02. The Balaban J connectivity index is 1.55. The van der Waals surface area contributed by atoms with E-state index in [2.05, 4.69) is 94.1 Å². The van der Waals surface area contributed by atoms with Crippen molar-refractivity contribution in [3.8, 4) is 0 Å². The van der Waals surface area contributed by atoms with Crippen LogP contribution in [0.2, 0.25) is 0 Å². The average Bonchev–Trinajstić information content (AvgIpc) is 2.81. The van der Waals surface area contributed by atoms with Crippen LogP contribution in [0.3, 0.4) is 0 Å². The van der Waals surface area contributed by atoms with Crippen molar-refractivity contribution in [2.45, 2.75) is 59.0 Å². The molecule has 1 aliphatic heterocycles. The second kappa shape index (κ2) is 14.4. The lowest BCUT2D eigenvalue weighted by Gasteiger charge is -2.42. The third-order valence-electron chi connectivity index (χ3n) is 6.30. The van der Waals surface area contributed by atoms with Crippen LogP contribution in [0.15, 0.2) is 60.7 Å². The number of rotatable bonds is 14. The first-order chi connectivity index (χ1) is 15.8. The summed E-state index contributed by atoms with van der Waals surface area (Å²) in [6.07, 6.45) is 6.48. The third kappa shape index (κ3) is 9.03. The highest BCUT2D eigenvalue weighted by molar-refractivity contribution is 5.15. The van der Waals surface area contributed by atoms with Gasteiger partial charge in [0.1, 0.15) is 0 Å². The molecule has 4 nitrogen and oxygen atoms in total. The highest BCUT2D eigenvalue weighted by atomic mass is 15.5. The molecule has 176 valence electrons. The molecule has 0 spiro atoms.